The summed E-state index contributed by atoms with van der Waals surface area (Å²) in [6.07, 6.45) is 8.53. The van der Waals surface area contributed by atoms with E-state index in [1.165, 1.54) is 25.7 Å². The van der Waals surface area contributed by atoms with Crippen LogP contribution in [0.25, 0.3) is 0 Å². The first-order chi connectivity index (χ1) is 4.79. The molecule has 0 saturated heterocycles. The molecule has 10 heavy (non-hydrogen) atoms. The average Bonchev–Trinajstić information content (AvgIpc) is 2.11. The lowest BCUT2D eigenvalue weighted by Gasteiger charge is -2.20. The molecule has 58 valence electrons. The summed E-state index contributed by atoms with van der Waals surface area (Å²) in [7, 11) is 0. The molecule has 0 aromatic heterocycles. The van der Waals surface area contributed by atoms with Crippen LogP contribution in [0.3, 0.4) is 0 Å². The summed E-state index contributed by atoms with van der Waals surface area (Å²) >= 11 is 0. The molecule has 1 N–H and O–H groups in total. The maximum absolute atomic E-state index is 9.90. The molecule has 0 aromatic carbocycles. The molecule has 1 nitrogen and oxygen atoms in total. The molecule has 2 aliphatic rings. The zero-order valence-corrected chi connectivity index (χ0v) is 6.47. The number of aliphatic hydroxyl groups is 1. The van der Waals surface area contributed by atoms with Crippen LogP contribution < -0.4 is 0 Å². The second-order valence-corrected chi connectivity index (χ2v) is 4.08. The minimum absolute atomic E-state index is 0.221. The van der Waals surface area contributed by atoms with Crippen LogP contribution in [-0.4, -0.2) is 10.7 Å². The Labute approximate surface area is 62.4 Å². The Morgan fingerprint density at radius 1 is 1.10 bits per heavy atom. The van der Waals surface area contributed by atoms with Crippen molar-refractivity contribution in [2.75, 3.05) is 0 Å². The molecule has 2 rings (SSSR count). The molecule has 1 heteroatoms. The molecule has 0 aromatic rings. The topological polar surface area (TPSA) is 20.2 Å². The summed E-state index contributed by atoms with van der Waals surface area (Å²) in [6.45, 7) is 0. The van der Waals surface area contributed by atoms with Gasteiger partial charge in [-0.25, -0.2) is 0 Å². The van der Waals surface area contributed by atoms with Gasteiger partial charge < -0.3 is 5.11 Å². The first kappa shape index (κ1) is 6.66. The number of fused-ring (bicyclic) bond motifs is 2. The van der Waals surface area contributed by atoms with Crippen LogP contribution in [0.2, 0.25) is 0 Å². The van der Waals surface area contributed by atoms with Gasteiger partial charge in [0.05, 0.1) is 5.60 Å². The Morgan fingerprint density at radius 2 is 2.00 bits per heavy atom. The second-order valence-electron chi connectivity index (χ2n) is 4.08. The third-order valence-corrected chi connectivity index (χ3v) is 3.19. The summed E-state index contributed by atoms with van der Waals surface area (Å²) in [6, 6.07) is 0. The van der Waals surface area contributed by atoms with E-state index in [9.17, 15) is 5.11 Å². The third kappa shape index (κ3) is 1.07. The third-order valence-electron chi connectivity index (χ3n) is 3.19. The smallest absolute Gasteiger partial charge is 0.0650 e. The van der Waals surface area contributed by atoms with Crippen molar-refractivity contribution in [2.24, 2.45) is 5.92 Å². The van der Waals surface area contributed by atoms with E-state index in [0.717, 1.165) is 25.2 Å². The van der Waals surface area contributed by atoms with E-state index in [2.05, 4.69) is 0 Å². The largest absolute Gasteiger partial charge is 0.390 e. The molecule has 0 amide bonds. The highest BCUT2D eigenvalue weighted by Crippen LogP contribution is 2.43. The van der Waals surface area contributed by atoms with E-state index in [1.54, 1.807) is 0 Å². The van der Waals surface area contributed by atoms with E-state index >= 15 is 0 Å². The zero-order valence-electron chi connectivity index (χ0n) is 6.47. The molecule has 2 fully saturated rings. The van der Waals surface area contributed by atoms with Gasteiger partial charge in [-0.3, -0.25) is 0 Å². The Morgan fingerprint density at radius 3 is 2.90 bits per heavy atom. The van der Waals surface area contributed by atoms with Crippen LogP contribution in [0.1, 0.15) is 44.9 Å². The Hall–Kier alpha value is -0.0400. The van der Waals surface area contributed by atoms with Gasteiger partial charge in [-0.1, -0.05) is 19.3 Å². The molecule has 2 atom stereocenters. The van der Waals surface area contributed by atoms with Crippen LogP contribution in [0, 0.1) is 5.92 Å². The predicted molar refractivity (Wildman–Crippen MR) is 40.8 cm³/mol. The van der Waals surface area contributed by atoms with Gasteiger partial charge in [-0.15, -0.1) is 0 Å². The summed E-state index contributed by atoms with van der Waals surface area (Å²) in [5, 5.41) is 9.90. The highest BCUT2D eigenvalue weighted by Gasteiger charge is 2.38. The molecule has 2 saturated carbocycles. The lowest BCUT2D eigenvalue weighted by molar-refractivity contribution is 0.0374. The number of hydrogen-bond acceptors (Lipinski definition) is 1. The molecular formula is C9H16O. The van der Waals surface area contributed by atoms with Crippen LogP contribution in [0.5, 0.6) is 0 Å². The van der Waals surface area contributed by atoms with Gasteiger partial charge in [0, 0.05) is 0 Å². The van der Waals surface area contributed by atoms with E-state index in [-0.39, 0.29) is 5.60 Å². The van der Waals surface area contributed by atoms with Crippen molar-refractivity contribution in [1.82, 2.24) is 0 Å². The number of rotatable bonds is 0. The van der Waals surface area contributed by atoms with Gasteiger partial charge in [0.15, 0.2) is 0 Å². The molecule has 0 spiro atoms. The molecule has 0 heterocycles. The van der Waals surface area contributed by atoms with Gasteiger partial charge in [-0.2, -0.15) is 0 Å². The molecule has 0 aliphatic heterocycles. The summed E-state index contributed by atoms with van der Waals surface area (Å²) < 4.78 is 0. The SMILES string of the molecule is OC12CCCCC(CC1)C2. The van der Waals surface area contributed by atoms with Crippen LogP contribution in [-0.2, 0) is 0 Å². The first-order valence-electron chi connectivity index (χ1n) is 4.51. The quantitative estimate of drug-likeness (QED) is 0.546. The number of hydrogen-bond donors (Lipinski definition) is 1. The van der Waals surface area contributed by atoms with E-state index < -0.39 is 0 Å². The minimum atomic E-state index is -0.221. The highest BCUT2D eigenvalue weighted by atomic mass is 16.3. The van der Waals surface area contributed by atoms with E-state index in [4.69, 9.17) is 0 Å². The molecular weight excluding hydrogens is 124 g/mol. The van der Waals surface area contributed by atoms with Gasteiger partial charge in [0.25, 0.3) is 0 Å². The van der Waals surface area contributed by atoms with Crippen molar-refractivity contribution in [3.8, 4) is 0 Å². The van der Waals surface area contributed by atoms with Crippen molar-refractivity contribution >= 4 is 0 Å². The molecule has 2 unspecified atom stereocenters. The van der Waals surface area contributed by atoms with Crippen molar-refractivity contribution in [2.45, 2.75) is 50.5 Å². The summed E-state index contributed by atoms with van der Waals surface area (Å²) in [5.74, 6) is 0.868. The fraction of sp³-hybridized carbons (Fsp3) is 1.00. The van der Waals surface area contributed by atoms with Crippen molar-refractivity contribution in [1.29, 1.82) is 0 Å². The zero-order chi connectivity index (χ0) is 7.03. The predicted octanol–water partition coefficient (Wildman–Crippen LogP) is 2.09. The van der Waals surface area contributed by atoms with Crippen LogP contribution in [0.4, 0.5) is 0 Å². The standard InChI is InChI=1S/C9H16O/c10-9-5-2-1-3-8(7-9)4-6-9/h8,10H,1-7H2. The Kier molecular flexibility index (Phi) is 1.48. The lowest BCUT2D eigenvalue weighted by atomic mass is 9.97. The maximum Gasteiger partial charge on any atom is 0.0650 e. The molecule has 0 radical (unpaired) electrons. The van der Waals surface area contributed by atoms with Gasteiger partial charge in [0.2, 0.25) is 0 Å². The highest BCUT2D eigenvalue weighted by molar-refractivity contribution is 4.91. The van der Waals surface area contributed by atoms with E-state index in [1.807, 2.05) is 0 Å². The fourth-order valence-corrected chi connectivity index (χ4v) is 2.57. The Balaban J connectivity index is 2.09. The Bertz CT molecular complexity index is 131. The van der Waals surface area contributed by atoms with Crippen molar-refractivity contribution < 1.29 is 5.11 Å². The van der Waals surface area contributed by atoms with Gasteiger partial charge in [-0.05, 0) is 31.6 Å². The first-order valence-corrected chi connectivity index (χ1v) is 4.51. The monoisotopic (exact) mass is 140 g/mol. The average molecular weight is 140 g/mol. The summed E-state index contributed by atoms with van der Waals surface area (Å²) in [4.78, 5) is 0. The minimum Gasteiger partial charge on any atom is -0.390 e. The van der Waals surface area contributed by atoms with E-state index in [0.29, 0.717) is 0 Å². The van der Waals surface area contributed by atoms with Crippen LogP contribution in [0.15, 0.2) is 0 Å². The summed E-state index contributed by atoms with van der Waals surface area (Å²) in [5.41, 5.74) is -0.221. The molecule has 2 aliphatic carbocycles. The van der Waals surface area contributed by atoms with Crippen molar-refractivity contribution in [3.63, 3.8) is 0 Å². The van der Waals surface area contributed by atoms with Gasteiger partial charge >= 0.3 is 0 Å². The second kappa shape index (κ2) is 2.23. The van der Waals surface area contributed by atoms with Crippen molar-refractivity contribution in [3.05, 3.63) is 0 Å². The lowest BCUT2D eigenvalue weighted by Crippen LogP contribution is -2.23. The fourth-order valence-electron chi connectivity index (χ4n) is 2.57. The van der Waals surface area contributed by atoms with Crippen LogP contribution >= 0.6 is 0 Å². The molecule has 2 bridgehead atoms. The maximum atomic E-state index is 9.90. The normalized spacial score (nSPS) is 47.1. The van der Waals surface area contributed by atoms with Gasteiger partial charge in [0.1, 0.15) is 0 Å².